The Hall–Kier alpha value is -1.57. The van der Waals surface area contributed by atoms with E-state index in [1.54, 1.807) is 11.8 Å². The number of aliphatic hydroxyl groups is 1. The number of aromatic nitrogens is 3. The molecule has 0 amide bonds. The third kappa shape index (κ3) is 4.65. The first-order valence-corrected chi connectivity index (χ1v) is 11.0. The Kier molecular flexibility index (Phi) is 6.32. The molecule has 3 heterocycles. The number of piperidine rings is 1. The van der Waals surface area contributed by atoms with Crippen molar-refractivity contribution in [3.05, 3.63) is 35.9 Å². The van der Waals surface area contributed by atoms with Crippen LogP contribution in [-0.2, 0) is 11.3 Å². The molecule has 2 aliphatic rings. The summed E-state index contributed by atoms with van der Waals surface area (Å²) in [5.41, 5.74) is 0.937. The average Bonchev–Trinajstić information content (AvgIpc) is 3.38. The maximum Gasteiger partial charge on any atom is 0.228 e. The molecule has 2 aliphatic heterocycles. The number of rotatable bonds is 7. The van der Waals surface area contributed by atoms with Crippen LogP contribution in [0.5, 0.6) is 0 Å². The first-order valence-electron chi connectivity index (χ1n) is 9.97. The molecule has 2 aromatic rings. The van der Waals surface area contributed by atoms with Crippen molar-refractivity contribution in [3.63, 3.8) is 0 Å². The highest BCUT2D eigenvalue weighted by molar-refractivity contribution is 7.99. The fourth-order valence-electron chi connectivity index (χ4n) is 3.79. The quantitative estimate of drug-likeness (QED) is 0.735. The van der Waals surface area contributed by atoms with Gasteiger partial charge in [0, 0.05) is 25.4 Å². The van der Waals surface area contributed by atoms with Crippen molar-refractivity contribution in [1.82, 2.24) is 14.8 Å². The van der Waals surface area contributed by atoms with E-state index in [9.17, 15) is 5.11 Å². The van der Waals surface area contributed by atoms with Gasteiger partial charge in [-0.2, -0.15) is 0 Å². The third-order valence-electron chi connectivity index (χ3n) is 5.30. The van der Waals surface area contributed by atoms with Crippen molar-refractivity contribution in [1.29, 1.82) is 0 Å². The van der Waals surface area contributed by atoms with E-state index in [1.165, 1.54) is 19.3 Å². The van der Waals surface area contributed by atoms with Gasteiger partial charge < -0.3 is 14.7 Å². The van der Waals surface area contributed by atoms with E-state index in [0.29, 0.717) is 5.75 Å². The first-order chi connectivity index (χ1) is 13.3. The van der Waals surface area contributed by atoms with Gasteiger partial charge in [0.1, 0.15) is 0 Å². The molecule has 4 rings (SSSR count). The summed E-state index contributed by atoms with van der Waals surface area (Å²) in [7, 11) is 0. The van der Waals surface area contributed by atoms with Crippen molar-refractivity contribution >= 4 is 17.7 Å². The van der Waals surface area contributed by atoms with Crippen LogP contribution < -0.4 is 4.90 Å². The van der Waals surface area contributed by atoms with E-state index < -0.39 is 6.10 Å². The summed E-state index contributed by atoms with van der Waals surface area (Å²) in [6.07, 6.45) is 5.66. The molecule has 0 unspecified atom stereocenters. The van der Waals surface area contributed by atoms with Crippen LogP contribution in [0.25, 0.3) is 0 Å². The largest absolute Gasteiger partial charge is 0.388 e. The van der Waals surface area contributed by atoms with E-state index in [0.717, 1.165) is 55.8 Å². The molecule has 0 bridgehead atoms. The summed E-state index contributed by atoms with van der Waals surface area (Å²) in [4.78, 5) is 2.35. The first kappa shape index (κ1) is 18.8. The van der Waals surface area contributed by atoms with Gasteiger partial charge in [-0.25, -0.2) is 0 Å². The van der Waals surface area contributed by atoms with Crippen LogP contribution in [-0.4, -0.2) is 51.4 Å². The molecule has 1 aromatic carbocycles. The maximum absolute atomic E-state index is 10.5. The summed E-state index contributed by atoms with van der Waals surface area (Å²) in [5, 5.41) is 20.4. The number of anilines is 1. The number of hydrogen-bond acceptors (Lipinski definition) is 6. The molecule has 27 heavy (non-hydrogen) atoms. The van der Waals surface area contributed by atoms with Crippen LogP contribution in [0, 0.1) is 0 Å². The van der Waals surface area contributed by atoms with Gasteiger partial charge in [0.2, 0.25) is 5.95 Å². The molecule has 0 saturated carbocycles. The number of hydrogen-bond donors (Lipinski definition) is 1. The van der Waals surface area contributed by atoms with Gasteiger partial charge in [-0.05, 0) is 37.7 Å². The van der Waals surface area contributed by atoms with Crippen molar-refractivity contribution in [3.8, 4) is 0 Å². The molecule has 7 heteroatoms. The molecule has 0 radical (unpaired) electrons. The van der Waals surface area contributed by atoms with Gasteiger partial charge in [-0.1, -0.05) is 42.1 Å². The average molecular weight is 389 g/mol. The molecule has 0 aliphatic carbocycles. The lowest BCUT2D eigenvalue weighted by atomic mass is 10.1. The molecule has 146 valence electrons. The second-order valence-corrected chi connectivity index (χ2v) is 8.30. The van der Waals surface area contributed by atoms with Crippen LogP contribution in [0.15, 0.2) is 35.5 Å². The molecule has 6 nitrogen and oxygen atoms in total. The Labute approximate surface area is 164 Å². The predicted octanol–water partition coefficient (Wildman–Crippen LogP) is 3.27. The molecule has 0 spiro atoms. The van der Waals surface area contributed by atoms with Crippen LogP contribution >= 0.6 is 11.8 Å². The summed E-state index contributed by atoms with van der Waals surface area (Å²) in [6, 6.07) is 9.80. The molecule has 2 atom stereocenters. The fraction of sp³-hybridized carbons (Fsp3) is 0.600. The summed E-state index contributed by atoms with van der Waals surface area (Å²) in [5.74, 6) is 1.52. The summed E-state index contributed by atoms with van der Waals surface area (Å²) >= 11 is 1.58. The van der Waals surface area contributed by atoms with Crippen molar-refractivity contribution < 1.29 is 9.84 Å². The lowest BCUT2D eigenvalue weighted by molar-refractivity contribution is 0.0951. The predicted molar refractivity (Wildman–Crippen MR) is 107 cm³/mol. The Morgan fingerprint density at radius 3 is 2.67 bits per heavy atom. The van der Waals surface area contributed by atoms with Gasteiger partial charge in [0.05, 0.1) is 18.8 Å². The van der Waals surface area contributed by atoms with E-state index in [1.807, 2.05) is 30.3 Å². The normalized spacial score (nSPS) is 21.5. The van der Waals surface area contributed by atoms with E-state index in [-0.39, 0.29) is 6.10 Å². The minimum absolute atomic E-state index is 0.239. The number of thioether (sulfide) groups is 1. The minimum atomic E-state index is -0.512. The van der Waals surface area contributed by atoms with Crippen LogP contribution in [0.1, 0.15) is 43.8 Å². The standard InChI is InChI=1S/C20H28N4O2S/c25-18(16-8-3-1-4-9-16)15-27-20-22-21-19(23-11-5-2-6-12-23)24(20)14-17-10-7-13-26-17/h1,3-4,8-9,17-18,25H,2,5-7,10-15H2/t17-,18+/m0/s1. The zero-order valence-electron chi connectivity index (χ0n) is 15.7. The Morgan fingerprint density at radius 1 is 1.11 bits per heavy atom. The second kappa shape index (κ2) is 9.08. The maximum atomic E-state index is 10.5. The fourth-order valence-corrected chi connectivity index (χ4v) is 4.70. The third-order valence-corrected chi connectivity index (χ3v) is 6.34. The highest BCUT2D eigenvalue weighted by atomic mass is 32.2. The molecular formula is C20H28N4O2S. The smallest absolute Gasteiger partial charge is 0.228 e. The van der Waals surface area contributed by atoms with Gasteiger partial charge in [0.25, 0.3) is 0 Å². The molecular weight excluding hydrogens is 360 g/mol. The van der Waals surface area contributed by atoms with Gasteiger partial charge in [-0.15, -0.1) is 10.2 Å². The van der Waals surface area contributed by atoms with Gasteiger partial charge in [0.15, 0.2) is 5.16 Å². The van der Waals surface area contributed by atoms with Crippen LogP contribution in [0.4, 0.5) is 5.95 Å². The molecule has 1 N–H and O–H groups in total. The topological polar surface area (TPSA) is 63.4 Å². The molecule has 1 aromatic heterocycles. The second-order valence-electron chi connectivity index (χ2n) is 7.31. The Bertz CT molecular complexity index is 712. The highest BCUT2D eigenvalue weighted by Gasteiger charge is 2.25. The lowest BCUT2D eigenvalue weighted by Gasteiger charge is -2.28. The monoisotopic (exact) mass is 388 g/mol. The van der Waals surface area contributed by atoms with Crippen LogP contribution in [0.2, 0.25) is 0 Å². The van der Waals surface area contributed by atoms with Gasteiger partial charge in [-0.3, -0.25) is 4.57 Å². The van der Waals surface area contributed by atoms with E-state index in [4.69, 9.17) is 4.74 Å². The van der Waals surface area contributed by atoms with E-state index >= 15 is 0 Å². The van der Waals surface area contributed by atoms with Gasteiger partial charge >= 0.3 is 0 Å². The highest BCUT2D eigenvalue weighted by Crippen LogP contribution is 2.29. The van der Waals surface area contributed by atoms with E-state index in [2.05, 4.69) is 19.7 Å². The SMILES string of the molecule is O[C@H](CSc1nnc(N2CCCCC2)n1C[C@@H]1CCCO1)c1ccccc1. The Morgan fingerprint density at radius 2 is 1.93 bits per heavy atom. The zero-order chi connectivity index (χ0) is 18.5. The van der Waals surface area contributed by atoms with Crippen LogP contribution in [0.3, 0.4) is 0 Å². The van der Waals surface area contributed by atoms with Crippen molar-refractivity contribution in [2.45, 2.75) is 56.0 Å². The number of aliphatic hydroxyl groups excluding tert-OH is 1. The summed E-state index contributed by atoms with van der Waals surface area (Å²) < 4.78 is 8.08. The Balaban J connectivity index is 1.49. The minimum Gasteiger partial charge on any atom is -0.388 e. The molecule has 2 saturated heterocycles. The number of benzene rings is 1. The molecule has 2 fully saturated rings. The lowest BCUT2D eigenvalue weighted by Crippen LogP contribution is -2.33. The van der Waals surface area contributed by atoms with Crippen molar-refractivity contribution in [2.24, 2.45) is 0 Å². The summed E-state index contributed by atoms with van der Waals surface area (Å²) in [6.45, 7) is 3.73. The number of nitrogens with zero attached hydrogens (tertiary/aromatic N) is 4. The zero-order valence-corrected chi connectivity index (χ0v) is 16.5. The number of ether oxygens (including phenoxy) is 1. The van der Waals surface area contributed by atoms with Crippen molar-refractivity contribution in [2.75, 3.05) is 30.3 Å².